The van der Waals surface area contributed by atoms with E-state index in [1.807, 2.05) is 13.0 Å². The van der Waals surface area contributed by atoms with Crippen LogP contribution >= 0.6 is 0 Å². The van der Waals surface area contributed by atoms with Crippen LogP contribution in [-0.4, -0.2) is 22.6 Å². The van der Waals surface area contributed by atoms with Gasteiger partial charge in [-0.3, -0.25) is 0 Å². The van der Waals surface area contributed by atoms with Gasteiger partial charge in [-0.25, -0.2) is 9.97 Å². The molecule has 0 saturated carbocycles. The van der Waals surface area contributed by atoms with Crippen molar-refractivity contribution in [2.24, 2.45) is 11.7 Å². The summed E-state index contributed by atoms with van der Waals surface area (Å²) in [6.07, 6.45) is 2.52. The Kier molecular flexibility index (Phi) is 3.62. The molecular weight excluding hydrogens is 212 g/mol. The molecule has 2 N–H and O–H groups in total. The van der Waals surface area contributed by atoms with Gasteiger partial charge in [-0.1, -0.05) is 6.92 Å². The zero-order valence-corrected chi connectivity index (χ0v) is 11.0. The summed E-state index contributed by atoms with van der Waals surface area (Å²) < 4.78 is 0. The van der Waals surface area contributed by atoms with E-state index in [4.69, 9.17) is 5.73 Å². The summed E-state index contributed by atoms with van der Waals surface area (Å²) in [5, 5.41) is 0. The van der Waals surface area contributed by atoms with Crippen molar-refractivity contribution in [2.45, 2.75) is 46.2 Å². The molecule has 1 aliphatic rings. The molecule has 1 aliphatic heterocycles. The molecule has 0 spiro atoms. The lowest BCUT2D eigenvalue weighted by atomic mass is 9.92. The third kappa shape index (κ3) is 2.57. The summed E-state index contributed by atoms with van der Waals surface area (Å²) in [6.45, 7) is 8.10. The average molecular weight is 234 g/mol. The first-order valence-corrected chi connectivity index (χ1v) is 6.43. The minimum absolute atomic E-state index is 0.480. The Labute approximate surface area is 103 Å². The van der Waals surface area contributed by atoms with Crippen molar-refractivity contribution in [3.8, 4) is 0 Å². The molecule has 2 rings (SSSR count). The fraction of sp³-hybridized carbons (Fsp3) is 0.692. The molecule has 2 unspecified atom stereocenters. The van der Waals surface area contributed by atoms with E-state index in [0.29, 0.717) is 18.5 Å². The molecule has 17 heavy (non-hydrogen) atoms. The van der Waals surface area contributed by atoms with Crippen LogP contribution in [0.15, 0.2) is 6.07 Å². The second-order valence-corrected chi connectivity index (χ2v) is 5.06. The SMILES string of the molecule is Cc1cc(CN)nc(N2CCCC(C)C2C)n1. The first-order chi connectivity index (χ1) is 8.11. The number of aryl methyl sites for hydroxylation is 1. The van der Waals surface area contributed by atoms with E-state index in [2.05, 4.69) is 28.7 Å². The second kappa shape index (κ2) is 5.00. The minimum atomic E-state index is 0.480. The number of anilines is 1. The summed E-state index contributed by atoms with van der Waals surface area (Å²) in [5.74, 6) is 1.55. The average Bonchev–Trinajstić information content (AvgIpc) is 2.31. The minimum Gasteiger partial charge on any atom is -0.338 e. The summed E-state index contributed by atoms with van der Waals surface area (Å²) in [5.41, 5.74) is 7.60. The predicted molar refractivity (Wildman–Crippen MR) is 69.9 cm³/mol. The van der Waals surface area contributed by atoms with Gasteiger partial charge in [0.25, 0.3) is 0 Å². The van der Waals surface area contributed by atoms with Gasteiger partial charge in [0.2, 0.25) is 5.95 Å². The lowest BCUT2D eigenvalue weighted by Crippen LogP contribution is -2.43. The Hall–Kier alpha value is -1.16. The van der Waals surface area contributed by atoms with E-state index in [0.717, 1.165) is 23.9 Å². The Morgan fingerprint density at radius 2 is 2.18 bits per heavy atom. The fourth-order valence-corrected chi connectivity index (χ4v) is 2.47. The van der Waals surface area contributed by atoms with Gasteiger partial charge in [-0.2, -0.15) is 0 Å². The predicted octanol–water partition coefficient (Wildman–Crippen LogP) is 1.87. The van der Waals surface area contributed by atoms with Crippen LogP contribution < -0.4 is 10.6 Å². The molecule has 2 atom stereocenters. The van der Waals surface area contributed by atoms with Crippen LogP contribution in [0.3, 0.4) is 0 Å². The van der Waals surface area contributed by atoms with Crippen LogP contribution in [0.5, 0.6) is 0 Å². The summed E-state index contributed by atoms with van der Waals surface area (Å²) in [4.78, 5) is 11.4. The van der Waals surface area contributed by atoms with Crippen LogP contribution in [0.1, 0.15) is 38.1 Å². The summed E-state index contributed by atoms with van der Waals surface area (Å²) in [7, 11) is 0. The van der Waals surface area contributed by atoms with Crippen molar-refractivity contribution in [1.29, 1.82) is 0 Å². The number of hydrogen-bond donors (Lipinski definition) is 1. The Balaban J connectivity index is 2.29. The molecule has 0 radical (unpaired) electrons. The Morgan fingerprint density at radius 1 is 1.41 bits per heavy atom. The van der Waals surface area contributed by atoms with E-state index >= 15 is 0 Å². The highest BCUT2D eigenvalue weighted by molar-refractivity contribution is 5.34. The van der Waals surface area contributed by atoms with Crippen molar-refractivity contribution in [3.05, 3.63) is 17.5 Å². The molecular formula is C13H22N4. The monoisotopic (exact) mass is 234 g/mol. The van der Waals surface area contributed by atoms with Crippen LogP contribution in [0.4, 0.5) is 5.95 Å². The van der Waals surface area contributed by atoms with Crippen molar-refractivity contribution in [1.82, 2.24) is 9.97 Å². The van der Waals surface area contributed by atoms with E-state index in [1.165, 1.54) is 12.8 Å². The van der Waals surface area contributed by atoms with E-state index in [-0.39, 0.29) is 0 Å². The number of hydrogen-bond acceptors (Lipinski definition) is 4. The lowest BCUT2D eigenvalue weighted by Gasteiger charge is -2.38. The topological polar surface area (TPSA) is 55.0 Å². The highest BCUT2D eigenvalue weighted by atomic mass is 15.3. The third-order valence-corrected chi connectivity index (χ3v) is 3.74. The molecule has 2 heterocycles. The lowest BCUT2D eigenvalue weighted by molar-refractivity contribution is 0.359. The molecule has 94 valence electrons. The molecule has 0 aliphatic carbocycles. The van der Waals surface area contributed by atoms with Crippen LogP contribution in [0, 0.1) is 12.8 Å². The van der Waals surface area contributed by atoms with E-state index in [9.17, 15) is 0 Å². The van der Waals surface area contributed by atoms with Crippen LogP contribution in [-0.2, 0) is 6.54 Å². The second-order valence-electron chi connectivity index (χ2n) is 5.06. The maximum Gasteiger partial charge on any atom is 0.226 e. The van der Waals surface area contributed by atoms with Gasteiger partial charge in [0.05, 0.1) is 5.69 Å². The highest BCUT2D eigenvalue weighted by Gasteiger charge is 2.26. The number of nitrogens with zero attached hydrogens (tertiary/aromatic N) is 3. The zero-order valence-electron chi connectivity index (χ0n) is 11.0. The molecule has 0 amide bonds. The molecule has 1 fully saturated rings. The van der Waals surface area contributed by atoms with Crippen LogP contribution in [0.25, 0.3) is 0 Å². The molecule has 1 aromatic rings. The van der Waals surface area contributed by atoms with Gasteiger partial charge in [0.15, 0.2) is 0 Å². The number of aromatic nitrogens is 2. The summed E-state index contributed by atoms with van der Waals surface area (Å²) in [6, 6.07) is 2.47. The zero-order chi connectivity index (χ0) is 12.4. The van der Waals surface area contributed by atoms with Crippen molar-refractivity contribution in [3.63, 3.8) is 0 Å². The Morgan fingerprint density at radius 3 is 2.88 bits per heavy atom. The van der Waals surface area contributed by atoms with Gasteiger partial charge < -0.3 is 10.6 Å². The largest absolute Gasteiger partial charge is 0.338 e. The van der Waals surface area contributed by atoms with Crippen molar-refractivity contribution >= 4 is 5.95 Å². The fourth-order valence-electron chi connectivity index (χ4n) is 2.47. The quantitative estimate of drug-likeness (QED) is 0.848. The van der Waals surface area contributed by atoms with E-state index < -0.39 is 0 Å². The van der Waals surface area contributed by atoms with Gasteiger partial charge in [0.1, 0.15) is 0 Å². The molecule has 1 aromatic heterocycles. The maximum absolute atomic E-state index is 5.67. The molecule has 4 nitrogen and oxygen atoms in total. The third-order valence-electron chi connectivity index (χ3n) is 3.74. The van der Waals surface area contributed by atoms with Crippen LogP contribution in [0.2, 0.25) is 0 Å². The molecule has 0 bridgehead atoms. The smallest absolute Gasteiger partial charge is 0.226 e. The van der Waals surface area contributed by atoms with Crippen molar-refractivity contribution < 1.29 is 0 Å². The summed E-state index contributed by atoms with van der Waals surface area (Å²) >= 11 is 0. The number of rotatable bonds is 2. The Bertz CT molecular complexity index is 391. The number of piperidine rings is 1. The number of nitrogens with two attached hydrogens (primary N) is 1. The first-order valence-electron chi connectivity index (χ1n) is 6.43. The normalized spacial score (nSPS) is 25.1. The molecule has 1 saturated heterocycles. The van der Waals surface area contributed by atoms with Gasteiger partial charge >= 0.3 is 0 Å². The molecule has 4 heteroatoms. The molecule has 0 aromatic carbocycles. The van der Waals surface area contributed by atoms with Gasteiger partial charge in [-0.05, 0) is 38.7 Å². The van der Waals surface area contributed by atoms with Gasteiger partial charge in [0, 0.05) is 24.8 Å². The van der Waals surface area contributed by atoms with E-state index in [1.54, 1.807) is 0 Å². The van der Waals surface area contributed by atoms with Gasteiger partial charge in [-0.15, -0.1) is 0 Å². The highest BCUT2D eigenvalue weighted by Crippen LogP contribution is 2.26. The maximum atomic E-state index is 5.67. The first kappa shape index (κ1) is 12.3. The standard InChI is InChI=1S/C13H22N4/c1-9-5-4-6-17(11(9)3)13-15-10(2)7-12(8-14)16-13/h7,9,11H,4-6,8,14H2,1-3H3. The van der Waals surface area contributed by atoms with Crippen molar-refractivity contribution in [2.75, 3.05) is 11.4 Å².